The van der Waals surface area contributed by atoms with E-state index in [0.717, 1.165) is 12.8 Å². The van der Waals surface area contributed by atoms with Gasteiger partial charge in [-0.3, -0.25) is 9.59 Å². The van der Waals surface area contributed by atoms with Crippen molar-refractivity contribution in [1.29, 1.82) is 0 Å². The van der Waals surface area contributed by atoms with Crippen LogP contribution in [0.15, 0.2) is 18.2 Å². The number of hydrogen-bond acceptors (Lipinski definition) is 3. The predicted molar refractivity (Wildman–Crippen MR) is 85.1 cm³/mol. The van der Waals surface area contributed by atoms with Crippen LogP contribution in [-0.2, 0) is 4.79 Å². The minimum absolute atomic E-state index is 0.0158. The maximum atomic E-state index is 12.7. The third-order valence-corrected chi connectivity index (χ3v) is 4.30. The molecule has 2 amide bonds. The van der Waals surface area contributed by atoms with Crippen LogP contribution in [0, 0.1) is 0 Å². The van der Waals surface area contributed by atoms with Gasteiger partial charge in [0.25, 0.3) is 5.91 Å². The molecular formula is C16H21ClN2O3. The second-order valence-electron chi connectivity index (χ2n) is 5.58. The molecule has 5 nitrogen and oxygen atoms in total. The summed E-state index contributed by atoms with van der Waals surface area (Å²) >= 11 is 5.87. The molecule has 0 radical (unpaired) electrons. The summed E-state index contributed by atoms with van der Waals surface area (Å²) < 4.78 is 0. The zero-order valence-electron chi connectivity index (χ0n) is 12.9. The number of carbonyl (C=O) groups is 2. The van der Waals surface area contributed by atoms with Crippen LogP contribution >= 0.6 is 11.6 Å². The second-order valence-corrected chi connectivity index (χ2v) is 5.99. The van der Waals surface area contributed by atoms with E-state index < -0.39 is 6.04 Å². The van der Waals surface area contributed by atoms with Crippen LogP contribution in [-0.4, -0.2) is 52.9 Å². The van der Waals surface area contributed by atoms with Crippen molar-refractivity contribution in [3.05, 3.63) is 28.8 Å². The molecule has 2 rings (SSSR count). The number of phenols is 1. The molecule has 1 N–H and O–H groups in total. The molecule has 1 aliphatic heterocycles. The van der Waals surface area contributed by atoms with Crippen molar-refractivity contribution >= 4 is 23.4 Å². The van der Waals surface area contributed by atoms with Gasteiger partial charge in [0.15, 0.2) is 0 Å². The van der Waals surface area contributed by atoms with E-state index >= 15 is 0 Å². The number of unbranched alkanes of at least 4 members (excludes halogenated alkanes) is 1. The Morgan fingerprint density at radius 2 is 2.14 bits per heavy atom. The molecule has 1 atom stereocenters. The molecule has 1 saturated heterocycles. The van der Waals surface area contributed by atoms with Gasteiger partial charge in [0.2, 0.25) is 5.91 Å². The minimum Gasteiger partial charge on any atom is -0.506 e. The molecular weight excluding hydrogens is 304 g/mol. The number of phenolic OH excluding ortho intramolecular Hbond substituents is 1. The van der Waals surface area contributed by atoms with E-state index in [1.54, 1.807) is 16.8 Å². The van der Waals surface area contributed by atoms with Gasteiger partial charge in [-0.1, -0.05) is 31.4 Å². The third kappa shape index (κ3) is 3.35. The van der Waals surface area contributed by atoms with Crippen LogP contribution < -0.4 is 0 Å². The first kappa shape index (κ1) is 16.6. The van der Waals surface area contributed by atoms with Crippen molar-refractivity contribution in [1.82, 2.24) is 9.80 Å². The first-order valence-corrected chi connectivity index (χ1v) is 7.88. The summed E-state index contributed by atoms with van der Waals surface area (Å²) in [5.74, 6) is -0.294. The van der Waals surface area contributed by atoms with Gasteiger partial charge in [0.05, 0.1) is 5.02 Å². The molecule has 0 spiro atoms. The summed E-state index contributed by atoms with van der Waals surface area (Å²) in [5, 5.41) is 9.60. The topological polar surface area (TPSA) is 60.9 Å². The first-order chi connectivity index (χ1) is 10.5. The first-order valence-electron chi connectivity index (χ1n) is 7.50. The summed E-state index contributed by atoms with van der Waals surface area (Å²) in [7, 11) is 1.76. The van der Waals surface area contributed by atoms with Crippen molar-refractivity contribution in [3.63, 3.8) is 0 Å². The fourth-order valence-corrected chi connectivity index (χ4v) is 2.82. The maximum Gasteiger partial charge on any atom is 0.254 e. The van der Waals surface area contributed by atoms with Crippen LogP contribution in [0.2, 0.25) is 5.02 Å². The van der Waals surface area contributed by atoms with Gasteiger partial charge in [-0.2, -0.15) is 0 Å². The zero-order chi connectivity index (χ0) is 16.3. The van der Waals surface area contributed by atoms with E-state index in [9.17, 15) is 14.7 Å². The lowest BCUT2D eigenvalue weighted by atomic mass is 10.0. The van der Waals surface area contributed by atoms with Gasteiger partial charge in [0.1, 0.15) is 11.8 Å². The Bertz CT molecular complexity index is 577. The number of nitrogens with zero attached hydrogens (tertiary/aromatic N) is 2. The van der Waals surface area contributed by atoms with Crippen molar-refractivity contribution in [2.24, 2.45) is 0 Å². The van der Waals surface area contributed by atoms with E-state index in [4.69, 9.17) is 11.6 Å². The quantitative estimate of drug-likeness (QED) is 0.925. The average Bonchev–Trinajstić information content (AvgIpc) is 2.50. The van der Waals surface area contributed by atoms with E-state index in [2.05, 4.69) is 6.92 Å². The van der Waals surface area contributed by atoms with Crippen LogP contribution in [0.4, 0.5) is 0 Å². The average molecular weight is 325 g/mol. The largest absolute Gasteiger partial charge is 0.506 e. The SMILES string of the molecule is CCCCC1C(=O)N(C)CCN1C(=O)c1ccc(O)c(Cl)c1. The zero-order valence-corrected chi connectivity index (χ0v) is 13.6. The summed E-state index contributed by atoms with van der Waals surface area (Å²) in [4.78, 5) is 28.4. The molecule has 1 fully saturated rings. The van der Waals surface area contributed by atoms with Crippen molar-refractivity contribution in [2.45, 2.75) is 32.2 Å². The number of aromatic hydroxyl groups is 1. The van der Waals surface area contributed by atoms with E-state index in [1.165, 1.54) is 18.2 Å². The monoisotopic (exact) mass is 324 g/mol. The summed E-state index contributed by atoms with van der Waals surface area (Å²) in [6.45, 7) is 3.09. The number of halogens is 1. The number of piperazine rings is 1. The Labute approximate surface area is 135 Å². The van der Waals surface area contributed by atoms with Crippen LogP contribution in [0.5, 0.6) is 5.75 Å². The van der Waals surface area contributed by atoms with Crippen LogP contribution in [0.1, 0.15) is 36.5 Å². The van der Waals surface area contributed by atoms with Crippen molar-refractivity contribution in [3.8, 4) is 5.75 Å². The Hall–Kier alpha value is -1.75. The van der Waals surface area contributed by atoms with Crippen LogP contribution in [0.3, 0.4) is 0 Å². The number of hydrogen-bond donors (Lipinski definition) is 1. The van der Waals surface area contributed by atoms with Gasteiger partial charge >= 0.3 is 0 Å². The molecule has 1 aromatic carbocycles. The highest BCUT2D eigenvalue weighted by Crippen LogP contribution is 2.26. The summed E-state index contributed by atoms with van der Waals surface area (Å²) in [6, 6.07) is 3.95. The van der Waals surface area contributed by atoms with Crippen LogP contribution in [0.25, 0.3) is 0 Å². The van der Waals surface area contributed by atoms with Gasteiger partial charge in [-0.15, -0.1) is 0 Å². The fourth-order valence-electron chi connectivity index (χ4n) is 2.64. The van der Waals surface area contributed by atoms with E-state index in [0.29, 0.717) is 25.1 Å². The molecule has 0 saturated carbocycles. The molecule has 6 heteroatoms. The molecule has 1 aliphatic rings. The van der Waals surface area contributed by atoms with Crippen molar-refractivity contribution < 1.29 is 14.7 Å². The molecule has 0 aliphatic carbocycles. The molecule has 120 valence electrons. The number of likely N-dealkylation sites (N-methyl/N-ethyl adjacent to an activating group) is 1. The number of amides is 2. The number of rotatable bonds is 4. The van der Waals surface area contributed by atoms with Gasteiger partial charge in [0, 0.05) is 25.7 Å². The lowest BCUT2D eigenvalue weighted by Crippen LogP contribution is -2.57. The molecule has 1 heterocycles. The molecule has 1 unspecified atom stereocenters. The summed E-state index contributed by atoms with van der Waals surface area (Å²) in [5.41, 5.74) is 0.390. The lowest BCUT2D eigenvalue weighted by molar-refractivity contribution is -0.138. The normalized spacial score (nSPS) is 18.7. The Morgan fingerprint density at radius 1 is 1.41 bits per heavy atom. The fraction of sp³-hybridized carbons (Fsp3) is 0.500. The highest BCUT2D eigenvalue weighted by Gasteiger charge is 2.35. The molecule has 0 bridgehead atoms. The smallest absolute Gasteiger partial charge is 0.254 e. The van der Waals surface area contributed by atoms with E-state index in [-0.39, 0.29) is 22.6 Å². The number of carbonyl (C=O) groups excluding carboxylic acids is 2. The van der Waals surface area contributed by atoms with Gasteiger partial charge in [-0.05, 0) is 24.6 Å². The highest BCUT2D eigenvalue weighted by atomic mass is 35.5. The second kappa shape index (κ2) is 7.01. The summed E-state index contributed by atoms with van der Waals surface area (Å²) in [6.07, 6.45) is 2.53. The molecule has 22 heavy (non-hydrogen) atoms. The third-order valence-electron chi connectivity index (χ3n) is 4.00. The highest BCUT2D eigenvalue weighted by molar-refractivity contribution is 6.32. The van der Waals surface area contributed by atoms with Gasteiger partial charge < -0.3 is 14.9 Å². The minimum atomic E-state index is -0.418. The van der Waals surface area contributed by atoms with Gasteiger partial charge in [-0.25, -0.2) is 0 Å². The maximum absolute atomic E-state index is 12.7. The Kier molecular flexibility index (Phi) is 5.29. The molecule has 1 aromatic rings. The predicted octanol–water partition coefficient (Wildman–Crippen LogP) is 2.52. The van der Waals surface area contributed by atoms with Crippen molar-refractivity contribution in [2.75, 3.05) is 20.1 Å². The Morgan fingerprint density at radius 3 is 2.77 bits per heavy atom. The standard InChI is InChI=1S/C16H21ClN2O3/c1-3-4-5-13-16(22)18(2)8-9-19(13)15(21)11-6-7-14(20)12(17)10-11/h6-7,10,13,20H,3-5,8-9H2,1-2H3. The lowest BCUT2D eigenvalue weighted by Gasteiger charge is -2.39. The number of benzene rings is 1. The Balaban J connectivity index is 2.24. The molecule has 0 aromatic heterocycles. The van der Waals surface area contributed by atoms with E-state index in [1.807, 2.05) is 0 Å².